The molecule has 0 bridgehead atoms. The first-order valence-electron chi connectivity index (χ1n) is 8.54. The first kappa shape index (κ1) is 18.5. The zero-order chi connectivity index (χ0) is 20.4. The summed E-state index contributed by atoms with van der Waals surface area (Å²) in [6.07, 6.45) is -1.12. The maximum atomic E-state index is 12.8. The maximum absolute atomic E-state index is 12.8. The van der Waals surface area contributed by atoms with E-state index in [1.807, 2.05) is 18.2 Å². The molecule has 0 saturated heterocycles. The van der Waals surface area contributed by atoms with Crippen molar-refractivity contribution < 1.29 is 18.0 Å². The third-order valence-electron chi connectivity index (χ3n) is 4.26. The summed E-state index contributed by atoms with van der Waals surface area (Å²) in [6.45, 7) is 0. The van der Waals surface area contributed by atoms with Gasteiger partial charge in [0.2, 0.25) is 0 Å². The number of benzene rings is 2. The number of amides is 2. The quantitative estimate of drug-likeness (QED) is 0.439. The Balaban J connectivity index is 1.47. The van der Waals surface area contributed by atoms with Crippen LogP contribution in [-0.4, -0.2) is 21.2 Å². The molecule has 2 aromatic carbocycles. The molecule has 0 spiro atoms. The molecule has 6 nitrogen and oxygen atoms in total. The van der Waals surface area contributed by atoms with Crippen LogP contribution in [0.5, 0.6) is 0 Å². The number of hydrogen-bond donors (Lipinski definition) is 3. The Hall–Kier alpha value is -3.88. The van der Waals surface area contributed by atoms with Crippen molar-refractivity contribution in [3.05, 3.63) is 72.6 Å². The number of nitrogens with zero attached hydrogens (tertiary/aromatic N) is 2. The minimum atomic E-state index is -4.47. The van der Waals surface area contributed by atoms with E-state index >= 15 is 0 Å². The van der Waals surface area contributed by atoms with Gasteiger partial charge in [0, 0.05) is 23.0 Å². The van der Waals surface area contributed by atoms with Crippen LogP contribution in [-0.2, 0) is 6.18 Å². The second-order valence-electron chi connectivity index (χ2n) is 6.23. The summed E-state index contributed by atoms with van der Waals surface area (Å²) in [7, 11) is 0. The molecule has 0 aliphatic rings. The van der Waals surface area contributed by atoms with E-state index in [0.717, 1.165) is 28.6 Å². The molecule has 9 heteroatoms. The number of pyridine rings is 1. The monoisotopic (exact) mass is 397 g/mol. The molecule has 3 N–H and O–H groups in total. The number of carbonyl (C=O) groups is 1. The number of aromatic amines is 1. The molecule has 146 valence electrons. The highest BCUT2D eigenvalue weighted by molar-refractivity contribution is 6.00. The van der Waals surface area contributed by atoms with Crippen LogP contribution < -0.4 is 10.6 Å². The fourth-order valence-corrected chi connectivity index (χ4v) is 2.90. The number of alkyl halides is 3. The van der Waals surface area contributed by atoms with Crippen molar-refractivity contribution in [1.82, 2.24) is 15.2 Å². The molecule has 2 amide bonds. The fraction of sp³-hybridized carbons (Fsp3) is 0.0500. The number of H-pyrrole nitrogens is 1. The van der Waals surface area contributed by atoms with E-state index < -0.39 is 17.8 Å². The van der Waals surface area contributed by atoms with Crippen LogP contribution in [0.15, 0.2) is 67.0 Å². The van der Waals surface area contributed by atoms with E-state index in [1.165, 1.54) is 12.1 Å². The molecule has 0 aliphatic carbocycles. The predicted octanol–water partition coefficient (Wildman–Crippen LogP) is 5.29. The van der Waals surface area contributed by atoms with Crippen LogP contribution in [0.25, 0.3) is 22.2 Å². The van der Waals surface area contributed by atoms with Crippen LogP contribution in [0.2, 0.25) is 0 Å². The van der Waals surface area contributed by atoms with Gasteiger partial charge in [-0.05, 0) is 47.5 Å². The van der Waals surface area contributed by atoms with Crippen molar-refractivity contribution in [1.29, 1.82) is 0 Å². The Labute approximate surface area is 162 Å². The third kappa shape index (κ3) is 4.03. The predicted molar refractivity (Wildman–Crippen MR) is 103 cm³/mol. The largest absolute Gasteiger partial charge is 0.416 e. The summed E-state index contributed by atoms with van der Waals surface area (Å²) in [6, 6.07) is 12.7. The second-order valence-corrected chi connectivity index (χ2v) is 6.23. The SMILES string of the molecule is O=C(Nc1ccc(-c2ccnc3[nH]ncc23)cc1)Nc1cccc(C(F)(F)F)c1. The molecule has 0 atom stereocenters. The number of halogens is 3. The van der Waals surface area contributed by atoms with Crippen LogP contribution in [0.3, 0.4) is 0 Å². The van der Waals surface area contributed by atoms with E-state index in [9.17, 15) is 18.0 Å². The van der Waals surface area contributed by atoms with Crippen LogP contribution >= 0.6 is 0 Å². The Morgan fingerprint density at radius 2 is 1.72 bits per heavy atom. The Morgan fingerprint density at radius 1 is 0.966 bits per heavy atom. The highest BCUT2D eigenvalue weighted by atomic mass is 19.4. The standard InChI is InChI=1S/C20H14F3N5O/c21-20(22,23)13-2-1-3-15(10-13)27-19(29)26-14-6-4-12(5-7-14)16-8-9-24-18-17(16)11-25-28-18/h1-11H,(H,24,25,28)(H2,26,27,29). The molecule has 4 aromatic rings. The first-order valence-corrected chi connectivity index (χ1v) is 8.54. The van der Waals surface area contributed by atoms with Gasteiger partial charge in [0.25, 0.3) is 0 Å². The van der Waals surface area contributed by atoms with Gasteiger partial charge in [0.15, 0.2) is 5.65 Å². The molecule has 2 heterocycles. The van der Waals surface area contributed by atoms with Crippen molar-refractivity contribution in [2.24, 2.45) is 0 Å². The zero-order valence-electron chi connectivity index (χ0n) is 14.8. The lowest BCUT2D eigenvalue weighted by Crippen LogP contribution is -2.19. The van der Waals surface area contributed by atoms with E-state index in [4.69, 9.17) is 0 Å². The lowest BCUT2D eigenvalue weighted by molar-refractivity contribution is -0.137. The minimum absolute atomic E-state index is 0.0491. The minimum Gasteiger partial charge on any atom is -0.308 e. The van der Waals surface area contributed by atoms with Gasteiger partial charge in [-0.15, -0.1) is 0 Å². The van der Waals surface area contributed by atoms with Crippen molar-refractivity contribution in [3.8, 4) is 11.1 Å². The smallest absolute Gasteiger partial charge is 0.308 e. The lowest BCUT2D eigenvalue weighted by Gasteiger charge is -2.11. The third-order valence-corrected chi connectivity index (χ3v) is 4.26. The van der Waals surface area contributed by atoms with Gasteiger partial charge in [-0.2, -0.15) is 18.3 Å². The van der Waals surface area contributed by atoms with Crippen LogP contribution in [0, 0.1) is 0 Å². The van der Waals surface area contributed by atoms with Gasteiger partial charge in [-0.25, -0.2) is 9.78 Å². The number of fused-ring (bicyclic) bond motifs is 1. The summed E-state index contributed by atoms with van der Waals surface area (Å²) in [4.78, 5) is 16.3. The zero-order valence-corrected chi connectivity index (χ0v) is 14.8. The van der Waals surface area contributed by atoms with Gasteiger partial charge >= 0.3 is 12.2 Å². The summed E-state index contributed by atoms with van der Waals surface area (Å²) in [5, 5.41) is 12.7. The highest BCUT2D eigenvalue weighted by Crippen LogP contribution is 2.31. The normalized spacial score (nSPS) is 11.4. The number of hydrogen-bond acceptors (Lipinski definition) is 3. The van der Waals surface area contributed by atoms with E-state index in [1.54, 1.807) is 24.5 Å². The molecule has 0 saturated carbocycles. The molecule has 0 fully saturated rings. The summed E-state index contributed by atoms with van der Waals surface area (Å²) >= 11 is 0. The van der Waals surface area contributed by atoms with Gasteiger partial charge < -0.3 is 10.6 Å². The second kappa shape index (κ2) is 7.27. The number of urea groups is 1. The molecule has 2 aromatic heterocycles. The average molecular weight is 397 g/mol. The Bertz CT molecular complexity index is 1170. The molecular weight excluding hydrogens is 383 g/mol. The van der Waals surface area contributed by atoms with Crippen molar-refractivity contribution in [3.63, 3.8) is 0 Å². The molecule has 29 heavy (non-hydrogen) atoms. The highest BCUT2D eigenvalue weighted by Gasteiger charge is 2.30. The molecular formula is C20H14F3N5O. The molecule has 0 unspecified atom stereocenters. The van der Waals surface area contributed by atoms with Crippen LogP contribution in [0.4, 0.5) is 29.3 Å². The topological polar surface area (TPSA) is 82.7 Å². The summed E-state index contributed by atoms with van der Waals surface area (Å²) in [5.41, 5.74) is 2.22. The van der Waals surface area contributed by atoms with E-state index in [-0.39, 0.29) is 5.69 Å². The molecule has 0 aliphatic heterocycles. The lowest BCUT2D eigenvalue weighted by atomic mass is 10.0. The Morgan fingerprint density at radius 3 is 2.48 bits per heavy atom. The first-order chi connectivity index (χ1) is 13.9. The number of nitrogens with one attached hydrogen (secondary N) is 3. The van der Waals surface area contributed by atoms with Gasteiger partial charge in [-0.1, -0.05) is 18.2 Å². The maximum Gasteiger partial charge on any atom is 0.416 e. The number of anilines is 2. The number of carbonyl (C=O) groups excluding carboxylic acids is 1. The average Bonchev–Trinajstić information content (AvgIpc) is 3.17. The van der Waals surface area contributed by atoms with Gasteiger partial charge in [-0.3, -0.25) is 5.10 Å². The number of rotatable bonds is 3. The van der Waals surface area contributed by atoms with E-state index in [2.05, 4.69) is 25.8 Å². The van der Waals surface area contributed by atoms with Crippen molar-refractivity contribution >= 4 is 28.4 Å². The summed E-state index contributed by atoms with van der Waals surface area (Å²) in [5.74, 6) is 0. The van der Waals surface area contributed by atoms with Gasteiger partial charge in [0.1, 0.15) is 0 Å². The number of aromatic nitrogens is 3. The van der Waals surface area contributed by atoms with E-state index in [0.29, 0.717) is 11.3 Å². The summed E-state index contributed by atoms with van der Waals surface area (Å²) < 4.78 is 38.3. The van der Waals surface area contributed by atoms with Crippen molar-refractivity contribution in [2.45, 2.75) is 6.18 Å². The van der Waals surface area contributed by atoms with Crippen molar-refractivity contribution in [2.75, 3.05) is 10.6 Å². The fourth-order valence-electron chi connectivity index (χ4n) is 2.90. The Kier molecular flexibility index (Phi) is 4.63. The van der Waals surface area contributed by atoms with Crippen LogP contribution in [0.1, 0.15) is 5.56 Å². The molecule has 4 rings (SSSR count). The van der Waals surface area contributed by atoms with Gasteiger partial charge in [0.05, 0.1) is 11.8 Å². The molecule has 0 radical (unpaired) electrons.